The van der Waals surface area contributed by atoms with Gasteiger partial charge in [0.1, 0.15) is 11.9 Å². The first kappa shape index (κ1) is 19.6. The van der Waals surface area contributed by atoms with E-state index >= 15 is 0 Å². The monoisotopic (exact) mass is 400 g/mol. The zero-order valence-electron chi connectivity index (χ0n) is 16.5. The molecular formula is C20H28N6O3. The maximum absolute atomic E-state index is 11.5. The van der Waals surface area contributed by atoms with Crippen molar-refractivity contribution in [1.82, 2.24) is 14.9 Å². The summed E-state index contributed by atoms with van der Waals surface area (Å²) >= 11 is 0. The van der Waals surface area contributed by atoms with Gasteiger partial charge in [-0.1, -0.05) is 6.07 Å². The lowest BCUT2D eigenvalue weighted by molar-refractivity contribution is -0.144. The molecule has 1 fully saturated rings. The molecule has 3 heterocycles. The van der Waals surface area contributed by atoms with Crippen LogP contribution in [0.4, 0.5) is 5.69 Å². The number of piperidine rings is 1. The highest BCUT2D eigenvalue weighted by atomic mass is 16.5. The molecule has 2 aromatic rings. The van der Waals surface area contributed by atoms with Crippen LogP contribution in [0.25, 0.3) is 0 Å². The first-order valence-electron chi connectivity index (χ1n) is 9.84. The third-order valence-electron chi connectivity index (χ3n) is 5.68. The van der Waals surface area contributed by atoms with Crippen LogP contribution in [-0.2, 0) is 11.3 Å². The molecule has 0 saturated carbocycles. The topological polar surface area (TPSA) is 117 Å². The predicted octanol–water partition coefficient (Wildman–Crippen LogP) is 0.945. The number of likely N-dealkylation sites (tertiary alicyclic amines) is 1. The van der Waals surface area contributed by atoms with E-state index in [1.54, 1.807) is 7.11 Å². The smallest absolute Gasteiger partial charge is 0.309 e. The lowest BCUT2D eigenvalue weighted by Gasteiger charge is -2.35. The van der Waals surface area contributed by atoms with E-state index in [0.717, 1.165) is 29.2 Å². The van der Waals surface area contributed by atoms with Crippen molar-refractivity contribution in [2.24, 2.45) is 11.7 Å². The van der Waals surface area contributed by atoms with Crippen LogP contribution in [-0.4, -0.2) is 53.6 Å². The van der Waals surface area contributed by atoms with Gasteiger partial charge in [-0.15, -0.1) is 0 Å². The van der Waals surface area contributed by atoms with Crippen LogP contribution in [0.3, 0.4) is 0 Å². The van der Waals surface area contributed by atoms with Crippen molar-refractivity contribution in [3.8, 4) is 5.75 Å². The number of benzene rings is 1. The summed E-state index contributed by atoms with van der Waals surface area (Å²) in [7, 11) is 1.65. The summed E-state index contributed by atoms with van der Waals surface area (Å²) in [4.78, 5) is 13.7. The number of anilines is 1. The number of nitrogens with two attached hydrogens (primary N) is 1. The van der Waals surface area contributed by atoms with E-state index in [0.29, 0.717) is 26.2 Å². The molecule has 9 nitrogen and oxygen atoms in total. The van der Waals surface area contributed by atoms with E-state index in [-0.39, 0.29) is 12.2 Å². The molecule has 0 aliphatic carbocycles. The van der Waals surface area contributed by atoms with Crippen molar-refractivity contribution in [3.63, 3.8) is 0 Å². The van der Waals surface area contributed by atoms with Gasteiger partial charge in [-0.25, -0.2) is 0 Å². The number of carbonyl (C=O) groups is 1. The molecule has 6 N–H and O–H groups in total. The number of carboxylic acids is 1. The quantitative estimate of drug-likeness (QED) is 0.487. The summed E-state index contributed by atoms with van der Waals surface area (Å²) in [6.45, 7) is 2.57. The Balaban J connectivity index is 1.52. The highest BCUT2D eigenvalue weighted by Gasteiger charge is 2.33. The molecule has 1 saturated heterocycles. The SMILES string of the molecule is COc1cccc(NC2NCNn3ccc(CN4CC[C@@H](N)[C@H](C(=O)O)C4)c32)c1. The van der Waals surface area contributed by atoms with Gasteiger partial charge < -0.3 is 26.3 Å². The lowest BCUT2D eigenvalue weighted by atomic mass is 9.92. The average molecular weight is 400 g/mol. The zero-order valence-corrected chi connectivity index (χ0v) is 16.5. The summed E-state index contributed by atoms with van der Waals surface area (Å²) in [5.41, 5.74) is 12.5. The predicted molar refractivity (Wildman–Crippen MR) is 110 cm³/mol. The van der Waals surface area contributed by atoms with Crippen LogP contribution >= 0.6 is 0 Å². The van der Waals surface area contributed by atoms with E-state index in [1.165, 1.54) is 0 Å². The van der Waals surface area contributed by atoms with Gasteiger partial charge in [-0.05, 0) is 30.2 Å². The Kier molecular flexibility index (Phi) is 5.61. The van der Waals surface area contributed by atoms with Gasteiger partial charge in [-0.2, -0.15) is 0 Å². The molecular weight excluding hydrogens is 372 g/mol. The maximum atomic E-state index is 11.5. The fraction of sp³-hybridized carbons (Fsp3) is 0.450. The van der Waals surface area contributed by atoms with Crippen molar-refractivity contribution in [1.29, 1.82) is 0 Å². The Morgan fingerprint density at radius 1 is 1.41 bits per heavy atom. The average Bonchev–Trinajstić information content (AvgIpc) is 3.13. The molecule has 156 valence electrons. The normalized spacial score (nSPS) is 24.4. The summed E-state index contributed by atoms with van der Waals surface area (Å²) in [6.07, 6.45) is 2.61. The van der Waals surface area contributed by atoms with E-state index in [2.05, 4.69) is 27.0 Å². The molecule has 9 heteroatoms. The zero-order chi connectivity index (χ0) is 20.4. The summed E-state index contributed by atoms with van der Waals surface area (Å²) in [5.74, 6) is -0.546. The molecule has 3 atom stereocenters. The molecule has 0 spiro atoms. The highest BCUT2D eigenvalue weighted by Crippen LogP contribution is 2.27. The van der Waals surface area contributed by atoms with Gasteiger partial charge in [-0.3, -0.25) is 19.7 Å². The number of methoxy groups -OCH3 is 1. The fourth-order valence-corrected chi connectivity index (χ4v) is 4.09. The van der Waals surface area contributed by atoms with Crippen molar-refractivity contribution in [2.75, 3.05) is 37.6 Å². The van der Waals surface area contributed by atoms with E-state index in [1.807, 2.05) is 35.1 Å². The number of fused-ring (bicyclic) bond motifs is 1. The number of carboxylic acid groups (broad SMARTS) is 1. The van der Waals surface area contributed by atoms with Crippen LogP contribution in [0.5, 0.6) is 5.75 Å². The Hall–Kier alpha value is -2.75. The van der Waals surface area contributed by atoms with Crippen LogP contribution < -0.4 is 26.5 Å². The summed E-state index contributed by atoms with van der Waals surface area (Å²) < 4.78 is 7.34. The minimum absolute atomic E-state index is 0.0873. The number of hydrogen-bond acceptors (Lipinski definition) is 7. The Bertz CT molecular complexity index is 870. The molecule has 0 amide bonds. The Morgan fingerprint density at radius 3 is 3.07 bits per heavy atom. The summed E-state index contributed by atoms with van der Waals surface area (Å²) in [5, 5.41) is 16.4. The molecule has 1 aromatic heterocycles. The van der Waals surface area contributed by atoms with Gasteiger partial charge in [0, 0.05) is 43.6 Å². The van der Waals surface area contributed by atoms with Gasteiger partial charge in [0.05, 0.1) is 25.4 Å². The number of hydrogen-bond donors (Lipinski definition) is 5. The van der Waals surface area contributed by atoms with Crippen molar-refractivity contribution >= 4 is 11.7 Å². The largest absolute Gasteiger partial charge is 0.497 e. The molecule has 2 aliphatic heterocycles. The first-order valence-corrected chi connectivity index (χ1v) is 9.84. The van der Waals surface area contributed by atoms with Crippen molar-refractivity contribution in [2.45, 2.75) is 25.2 Å². The second kappa shape index (κ2) is 8.32. The molecule has 0 radical (unpaired) electrons. The number of nitrogens with one attached hydrogen (secondary N) is 3. The summed E-state index contributed by atoms with van der Waals surface area (Å²) in [6, 6.07) is 9.63. The minimum Gasteiger partial charge on any atom is -0.497 e. The molecule has 29 heavy (non-hydrogen) atoms. The first-order chi connectivity index (χ1) is 14.0. The maximum Gasteiger partial charge on any atom is 0.309 e. The second-order valence-electron chi connectivity index (χ2n) is 7.58. The fourth-order valence-electron chi connectivity index (χ4n) is 4.09. The van der Waals surface area contributed by atoms with Crippen LogP contribution in [0.1, 0.15) is 23.8 Å². The lowest BCUT2D eigenvalue weighted by Crippen LogP contribution is -2.50. The Morgan fingerprint density at radius 2 is 2.28 bits per heavy atom. The number of rotatable bonds is 6. The minimum atomic E-state index is -0.818. The third kappa shape index (κ3) is 4.16. The van der Waals surface area contributed by atoms with Crippen molar-refractivity contribution in [3.05, 3.63) is 47.8 Å². The molecule has 1 unspecified atom stereocenters. The van der Waals surface area contributed by atoms with E-state index < -0.39 is 11.9 Å². The van der Waals surface area contributed by atoms with Gasteiger partial charge in [0.2, 0.25) is 0 Å². The second-order valence-corrected chi connectivity index (χ2v) is 7.58. The number of aliphatic carboxylic acids is 1. The molecule has 4 rings (SSSR count). The van der Waals surface area contributed by atoms with Crippen LogP contribution in [0, 0.1) is 5.92 Å². The van der Waals surface area contributed by atoms with E-state index in [4.69, 9.17) is 10.5 Å². The third-order valence-corrected chi connectivity index (χ3v) is 5.68. The van der Waals surface area contributed by atoms with Gasteiger partial charge >= 0.3 is 5.97 Å². The number of nitrogens with zero attached hydrogens (tertiary/aromatic N) is 2. The van der Waals surface area contributed by atoms with E-state index in [9.17, 15) is 9.90 Å². The Labute approximate surface area is 169 Å². The number of ether oxygens (including phenoxy) is 1. The number of aromatic nitrogens is 1. The van der Waals surface area contributed by atoms with Gasteiger partial charge in [0.25, 0.3) is 0 Å². The highest BCUT2D eigenvalue weighted by molar-refractivity contribution is 5.71. The van der Waals surface area contributed by atoms with Crippen molar-refractivity contribution < 1.29 is 14.6 Å². The molecule has 2 aliphatic rings. The van der Waals surface area contributed by atoms with Gasteiger partial charge in [0.15, 0.2) is 0 Å². The van der Waals surface area contributed by atoms with Crippen LogP contribution in [0.2, 0.25) is 0 Å². The standard InChI is InChI=1S/C20H28N6O3/c1-29-15-4-2-3-14(9-15)24-19-18-13(5-8-26(18)23-12-22-19)10-25-7-6-17(21)16(11-25)20(27)28/h2-5,8-9,16-17,19,22-24H,6-7,10-12,21H2,1H3,(H,27,28)/t16-,17-,19?/m1/s1. The molecule has 1 aromatic carbocycles. The van der Waals surface area contributed by atoms with Crippen LogP contribution in [0.15, 0.2) is 36.5 Å². The molecule has 0 bridgehead atoms.